The van der Waals surface area contributed by atoms with Crippen molar-refractivity contribution in [1.29, 1.82) is 0 Å². The predicted octanol–water partition coefficient (Wildman–Crippen LogP) is 6.16. The van der Waals surface area contributed by atoms with E-state index in [0.717, 1.165) is 4.90 Å². The van der Waals surface area contributed by atoms with Crippen LogP contribution >= 0.6 is 23.4 Å². The van der Waals surface area contributed by atoms with E-state index in [1.807, 2.05) is 6.07 Å². The lowest BCUT2D eigenvalue weighted by Crippen LogP contribution is -2.12. The number of rotatable bonds is 5. The fraction of sp³-hybridized carbons (Fsp3) is 0.350. The van der Waals surface area contributed by atoms with E-state index in [1.165, 1.54) is 57.4 Å². The van der Waals surface area contributed by atoms with Crippen molar-refractivity contribution in [2.24, 2.45) is 0 Å². The van der Waals surface area contributed by atoms with Crippen LogP contribution in [0.3, 0.4) is 0 Å². The molecule has 0 radical (unpaired) electrons. The van der Waals surface area contributed by atoms with Crippen molar-refractivity contribution in [2.75, 3.05) is 12.4 Å². The smallest absolute Gasteiger partial charge is 0.255 e. The van der Waals surface area contributed by atoms with Crippen LogP contribution in [-0.4, -0.2) is 18.3 Å². The van der Waals surface area contributed by atoms with E-state index in [-0.39, 0.29) is 11.7 Å². The van der Waals surface area contributed by atoms with Gasteiger partial charge in [0.25, 0.3) is 5.91 Å². The Morgan fingerprint density at radius 1 is 1.19 bits per heavy atom. The van der Waals surface area contributed by atoms with Crippen LogP contribution in [0.25, 0.3) is 0 Å². The van der Waals surface area contributed by atoms with Gasteiger partial charge < -0.3 is 10.1 Å². The number of carbonyl (C=O) groups excluding carboxylic acids is 1. The highest BCUT2D eigenvalue weighted by molar-refractivity contribution is 8.00. The first kappa shape index (κ1) is 19.1. The van der Waals surface area contributed by atoms with Crippen LogP contribution in [0.5, 0.6) is 5.75 Å². The first-order chi connectivity index (χ1) is 12.6. The summed E-state index contributed by atoms with van der Waals surface area (Å²) < 4.78 is 18.4. The molecule has 6 heteroatoms. The van der Waals surface area contributed by atoms with Gasteiger partial charge in [0.2, 0.25) is 0 Å². The third-order valence-corrected chi connectivity index (χ3v) is 6.29. The molecule has 0 aliphatic heterocycles. The molecular weight excluding hydrogens is 373 g/mol. The SMILES string of the molecule is COc1cc(NC(=O)c2ccc(Cl)c(SC3CCCCC3)c2)ccc1F. The van der Waals surface area contributed by atoms with Crippen LogP contribution in [-0.2, 0) is 0 Å². The molecule has 26 heavy (non-hydrogen) atoms. The molecule has 0 atom stereocenters. The van der Waals surface area contributed by atoms with E-state index in [9.17, 15) is 9.18 Å². The zero-order valence-corrected chi connectivity index (χ0v) is 16.1. The lowest BCUT2D eigenvalue weighted by Gasteiger charge is -2.21. The number of thioether (sulfide) groups is 1. The highest BCUT2D eigenvalue weighted by Crippen LogP contribution is 2.37. The zero-order valence-electron chi connectivity index (χ0n) is 14.6. The summed E-state index contributed by atoms with van der Waals surface area (Å²) in [6, 6.07) is 9.51. The highest BCUT2D eigenvalue weighted by atomic mass is 35.5. The largest absolute Gasteiger partial charge is 0.494 e. The molecular formula is C20H21ClFNO2S. The highest BCUT2D eigenvalue weighted by Gasteiger charge is 2.17. The number of carbonyl (C=O) groups is 1. The Morgan fingerprint density at radius 2 is 1.96 bits per heavy atom. The van der Waals surface area contributed by atoms with Crippen LogP contribution in [0.1, 0.15) is 42.5 Å². The van der Waals surface area contributed by atoms with Crippen molar-refractivity contribution in [2.45, 2.75) is 42.2 Å². The van der Waals surface area contributed by atoms with Gasteiger partial charge in [0.15, 0.2) is 11.6 Å². The molecule has 3 rings (SSSR count). The van der Waals surface area contributed by atoms with Gasteiger partial charge in [0.1, 0.15) is 0 Å². The summed E-state index contributed by atoms with van der Waals surface area (Å²) in [4.78, 5) is 13.5. The minimum absolute atomic E-state index is 0.0902. The second-order valence-corrected chi connectivity index (χ2v) is 8.08. The van der Waals surface area contributed by atoms with Crippen molar-refractivity contribution >= 4 is 35.0 Å². The number of hydrogen-bond acceptors (Lipinski definition) is 3. The number of hydrogen-bond donors (Lipinski definition) is 1. The van der Waals surface area contributed by atoms with Gasteiger partial charge in [-0.05, 0) is 43.2 Å². The average Bonchev–Trinajstić information content (AvgIpc) is 2.66. The van der Waals surface area contributed by atoms with E-state index in [1.54, 1.807) is 23.9 Å². The van der Waals surface area contributed by atoms with Crippen molar-refractivity contribution in [3.63, 3.8) is 0 Å². The predicted molar refractivity (Wildman–Crippen MR) is 105 cm³/mol. The number of nitrogens with one attached hydrogen (secondary N) is 1. The second-order valence-electron chi connectivity index (χ2n) is 6.33. The van der Waals surface area contributed by atoms with Gasteiger partial charge in [0.05, 0.1) is 12.1 Å². The Bertz CT molecular complexity index is 793. The first-order valence-electron chi connectivity index (χ1n) is 8.68. The third-order valence-electron chi connectivity index (χ3n) is 4.45. The molecule has 0 unspecified atom stereocenters. The number of methoxy groups -OCH3 is 1. The summed E-state index contributed by atoms with van der Waals surface area (Å²) in [6.07, 6.45) is 6.18. The van der Waals surface area contributed by atoms with Crippen molar-refractivity contribution in [1.82, 2.24) is 0 Å². The van der Waals surface area contributed by atoms with Gasteiger partial charge in [-0.15, -0.1) is 11.8 Å². The molecule has 1 fully saturated rings. The van der Waals surface area contributed by atoms with Crippen LogP contribution in [0.4, 0.5) is 10.1 Å². The third kappa shape index (κ3) is 4.71. The fourth-order valence-electron chi connectivity index (χ4n) is 3.04. The molecule has 0 saturated heterocycles. The van der Waals surface area contributed by atoms with Gasteiger partial charge in [0, 0.05) is 27.5 Å². The Kier molecular flexibility index (Phi) is 6.43. The molecule has 0 heterocycles. The van der Waals surface area contributed by atoms with Crippen molar-refractivity contribution in [3.05, 3.63) is 52.8 Å². The quantitative estimate of drug-likeness (QED) is 0.660. The summed E-state index contributed by atoms with van der Waals surface area (Å²) >= 11 is 8.08. The van der Waals surface area contributed by atoms with E-state index < -0.39 is 5.82 Å². The van der Waals surface area contributed by atoms with Crippen molar-refractivity contribution < 1.29 is 13.9 Å². The average molecular weight is 394 g/mol. The minimum Gasteiger partial charge on any atom is -0.494 e. The molecule has 1 aliphatic rings. The van der Waals surface area contributed by atoms with Crippen LogP contribution in [0.2, 0.25) is 5.02 Å². The number of halogens is 2. The summed E-state index contributed by atoms with van der Waals surface area (Å²) in [7, 11) is 1.39. The molecule has 0 bridgehead atoms. The Hall–Kier alpha value is -1.72. The first-order valence-corrected chi connectivity index (χ1v) is 9.93. The maximum atomic E-state index is 13.5. The maximum Gasteiger partial charge on any atom is 0.255 e. The van der Waals surface area contributed by atoms with E-state index in [0.29, 0.717) is 21.5 Å². The number of anilines is 1. The van der Waals surface area contributed by atoms with Gasteiger partial charge in [-0.2, -0.15) is 0 Å². The molecule has 2 aromatic carbocycles. The Morgan fingerprint density at radius 3 is 2.69 bits per heavy atom. The van der Waals surface area contributed by atoms with E-state index >= 15 is 0 Å². The monoisotopic (exact) mass is 393 g/mol. The number of benzene rings is 2. The molecule has 0 spiro atoms. The van der Waals surface area contributed by atoms with Crippen molar-refractivity contribution in [3.8, 4) is 5.75 Å². The minimum atomic E-state index is -0.469. The van der Waals surface area contributed by atoms with Gasteiger partial charge in [-0.25, -0.2) is 4.39 Å². The molecule has 2 aromatic rings. The maximum absolute atomic E-state index is 13.5. The standard InChI is InChI=1S/C20H21ClFNO2S/c1-25-18-12-14(8-10-17(18)22)23-20(24)13-7-9-16(21)19(11-13)26-15-5-3-2-4-6-15/h7-12,15H,2-6H2,1H3,(H,23,24). The molecule has 3 nitrogen and oxygen atoms in total. The Balaban J connectivity index is 1.73. The summed E-state index contributed by atoms with van der Waals surface area (Å²) in [6.45, 7) is 0. The van der Waals surface area contributed by atoms with Crippen LogP contribution in [0.15, 0.2) is 41.3 Å². The topological polar surface area (TPSA) is 38.3 Å². The summed E-state index contributed by atoms with van der Waals surface area (Å²) in [5.74, 6) is -0.642. The molecule has 1 N–H and O–H groups in total. The summed E-state index contributed by atoms with van der Waals surface area (Å²) in [5.41, 5.74) is 1.00. The number of amides is 1. The van der Waals surface area contributed by atoms with Crippen LogP contribution in [0, 0.1) is 5.82 Å². The molecule has 1 saturated carbocycles. The fourth-order valence-corrected chi connectivity index (χ4v) is 4.59. The molecule has 0 aromatic heterocycles. The summed E-state index contributed by atoms with van der Waals surface area (Å²) in [5, 5.41) is 4.00. The molecule has 1 aliphatic carbocycles. The normalized spacial score (nSPS) is 14.9. The Labute approximate surface area is 162 Å². The molecule has 138 valence electrons. The zero-order chi connectivity index (χ0) is 18.5. The van der Waals surface area contributed by atoms with Gasteiger partial charge in [-0.3, -0.25) is 4.79 Å². The lowest BCUT2D eigenvalue weighted by atomic mass is 10.0. The lowest BCUT2D eigenvalue weighted by molar-refractivity contribution is 0.102. The van der Waals surface area contributed by atoms with Crippen LogP contribution < -0.4 is 10.1 Å². The van der Waals surface area contributed by atoms with Gasteiger partial charge in [-0.1, -0.05) is 30.9 Å². The van der Waals surface area contributed by atoms with E-state index in [4.69, 9.17) is 16.3 Å². The van der Waals surface area contributed by atoms with E-state index in [2.05, 4.69) is 5.32 Å². The van der Waals surface area contributed by atoms with Gasteiger partial charge >= 0.3 is 0 Å². The number of ether oxygens (including phenoxy) is 1. The second kappa shape index (κ2) is 8.78. The molecule has 1 amide bonds.